The molecule has 0 aliphatic heterocycles. The van der Waals surface area contributed by atoms with Crippen LogP contribution in [0, 0.1) is 0 Å². The van der Waals surface area contributed by atoms with E-state index in [1.165, 1.54) is 6.20 Å². The third-order valence-corrected chi connectivity index (χ3v) is 1.86. The smallest absolute Gasteiger partial charge is 0.160 e. The SMILES string of the molecule is C/N=C/c1ccc2cncc(O)c2n1. The molecule has 0 aromatic carbocycles. The Morgan fingerprint density at radius 1 is 1.36 bits per heavy atom. The average Bonchev–Trinajstić information content (AvgIpc) is 2.20. The maximum absolute atomic E-state index is 9.49. The van der Waals surface area contributed by atoms with Crippen molar-refractivity contribution in [3.63, 3.8) is 0 Å². The van der Waals surface area contributed by atoms with Gasteiger partial charge in [0.05, 0.1) is 11.9 Å². The van der Waals surface area contributed by atoms with Crippen LogP contribution in [0.1, 0.15) is 5.69 Å². The second-order valence-corrected chi connectivity index (χ2v) is 2.85. The molecule has 70 valence electrons. The van der Waals surface area contributed by atoms with Gasteiger partial charge < -0.3 is 5.11 Å². The topological polar surface area (TPSA) is 58.4 Å². The molecule has 0 fully saturated rings. The molecule has 0 saturated heterocycles. The number of hydrogen-bond donors (Lipinski definition) is 1. The molecule has 2 heterocycles. The van der Waals surface area contributed by atoms with Gasteiger partial charge in [-0.25, -0.2) is 4.98 Å². The maximum Gasteiger partial charge on any atom is 0.160 e. The highest BCUT2D eigenvalue weighted by Crippen LogP contribution is 2.20. The van der Waals surface area contributed by atoms with Gasteiger partial charge in [-0.15, -0.1) is 0 Å². The molecular weight excluding hydrogens is 178 g/mol. The molecule has 0 saturated carbocycles. The number of aromatic hydroxyl groups is 1. The first-order valence-electron chi connectivity index (χ1n) is 4.17. The predicted molar refractivity (Wildman–Crippen MR) is 54.7 cm³/mol. The molecule has 0 unspecified atom stereocenters. The molecule has 0 amide bonds. The Balaban J connectivity index is 2.69. The van der Waals surface area contributed by atoms with Crippen LogP contribution in [0.25, 0.3) is 10.9 Å². The Morgan fingerprint density at radius 2 is 2.21 bits per heavy atom. The molecule has 1 N–H and O–H groups in total. The fourth-order valence-corrected chi connectivity index (χ4v) is 1.25. The van der Waals surface area contributed by atoms with Gasteiger partial charge in [0, 0.05) is 24.8 Å². The summed E-state index contributed by atoms with van der Waals surface area (Å²) in [6.45, 7) is 0. The van der Waals surface area contributed by atoms with Gasteiger partial charge in [0.2, 0.25) is 0 Å². The molecule has 2 aromatic heterocycles. The Labute approximate surface area is 81.0 Å². The molecule has 0 radical (unpaired) electrons. The van der Waals surface area contributed by atoms with Crippen molar-refractivity contribution in [2.75, 3.05) is 7.05 Å². The summed E-state index contributed by atoms with van der Waals surface area (Å²) < 4.78 is 0. The molecule has 4 nitrogen and oxygen atoms in total. The van der Waals surface area contributed by atoms with Crippen LogP contribution in [0.5, 0.6) is 5.75 Å². The predicted octanol–water partition coefficient (Wildman–Crippen LogP) is 1.38. The van der Waals surface area contributed by atoms with Gasteiger partial charge in [0.25, 0.3) is 0 Å². The van der Waals surface area contributed by atoms with Crippen molar-refractivity contribution in [2.45, 2.75) is 0 Å². The zero-order valence-electron chi connectivity index (χ0n) is 7.68. The van der Waals surface area contributed by atoms with Crippen LogP contribution in [-0.4, -0.2) is 28.3 Å². The fraction of sp³-hybridized carbons (Fsp3) is 0.100. The molecule has 4 heteroatoms. The van der Waals surface area contributed by atoms with Gasteiger partial charge in [-0.2, -0.15) is 0 Å². The summed E-state index contributed by atoms with van der Waals surface area (Å²) in [6, 6.07) is 3.68. The summed E-state index contributed by atoms with van der Waals surface area (Å²) in [6.07, 6.45) is 4.68. The second-order valence-electron chi connectivity index (χ2n) is 2.85. The molecule has 0 atom stereocenters. The van der Waals surface area contributed by atoms with Gasteiger partial charge >= 0.3 is 0 Å². The Kier molecular flexibility index (Phi) is 2.10. The van der Waals surface area contributed by atoms with Crippen LogP contribution in [0.3, 0.4) is 0 Å². The van der Waals surface area contributed by atoms with E-state index in [0.717, 1.165) is 11.1 Å². The molecule has 0 aliphatic rings. The summed E-state index contributed by atoms with van der Waals surface area (Å²) in [5.74, 6) is 0.0915. The van der Waals surface area contributed by atoms with Crippen molar-refractivity contribution in [2.24, 2.45) is 4.99 Å². The first-order valence-corrected chi connectivity index (χ1v) is 4.17. The molecule has 0 spiro atoms. The summed E-state index contributed by atoms with van der Waals surface area (Å²) in [5.41, 5.74) is 1.28. The first-order chi connectivity index (χ1) is 6.81. The summed E-state index contributed by atoms with van der Waals surface area (Å²) in [7, 11) is 1.68. The number of fused-ring (bicyclic) bond motifs is 1. The lowest BCUT2D eigenvalue weighted by Gasteiger charge is -1.99. The van der Waals surface area contributed by atoms with E-state index >= 15 is 0 Å². The zero-order chi connectivity index (χ0) is 9.97. The van der Waals surface area contributed by atoms with E-state index < -0.39 is 0 Å². The number of aliphatic imine (C=N–C) groups is 1. The van der Waals surface area contributed by atoms with Crippen molar-refractivity contribution >= 4 is 17.1 Å². The molecule has 2 aromatic rings. The van der Waals surface area contributed by atoms with E-state index in [2.05, 4.69) is 15.0 Å². The van der Waals surface area contributed by atoms with Gasteiger partial charge in [0.1, 0.15) is 5.52 Å². The lowest BCUT2D eigenvalue weighted by molar-refractivity contribution is 0.478. The number of pyridine rings is 2. The van der Waals surface area contributed by atoms with Gasteiger partial charge in [0.15, 0.2) is 5.75 Å². The van der Waals surface area contributed by atoms with Crippen molar-refractivity contribution in [1.82, 2.24) is 9.97 Å². The molecule has 0 aliphatic carbocycles. The Hall–Kier alpha value is -1.97. The molecule has 0 bridgehead atoms. The number of hydrogen-bond acceptors (Lipinski definition) is 4. The normalized spacial score (nSPS) is 11.2. The largest absolute Gasteiger partial charge is 0.504 e. The van der Waals surface area contributed by atoms with Gasteiger partial charge in [-0.1, -0.05) is 0 Å². The van der Waals surface area contributed by atoms with Crippen LogP contribution in [-0.2, 0) is 0 Å². The minimum Gasteiger partial charge on any atom is -0.504 e. The number of nitrogens with zero attached hydrogens (tertiary/aromatic N) is 3. The highest BCUT2D eigenvalue weighted by Gasteiger charge is 2.01. The highest BCUT2D eigenvalue weighted by atomic mass is 16.3. The van der Waals surface area contributed by atoms with Crippen molar-refractivity contribution in [1.29, 1.82) is 0 Å². The van der Waals surface area contributed by atoms with Crippen molar-refractivity contribution < 1.29 is 5.11 Å². The van der Waals surface area contributed by atoms with Gasteiger partial charge in [-0.3, -0.25) is 9.98 Å². The third kappa shape index (κ3) is 1.42. The van der Waals surface area contributed by atoms with Gasteiger partial charge in [-0.05, 0) is 12.1 Å². The lowest BCUT2D eigenvalue weighted by atomic mass is 10.2. The highest BCUT2D eigenvalue weighted by molar-refractivity contribution is 5.87. The quantitative estimate of drug-likeness (QED) is 0.686. The standard InChI is InChI=1S/C10H9N3O/c1-11-5-8-3-2-7-4-12-6-9(14)10(7)13-8/h2-6,14H,1H3/b11-5+. The van der Waals surface area contributed by atoms with Crippen molar-refractivity contribution in [3.05, 3.63) is 30.2 Å². The Morgan fingerprint density at radius 3 is 3.00 bits per heavy atom. The van der Waals surface area contributed by atoms with E-state index in [0.29, 0.717) is 5.52 Å². The summed E-state index contributed by atoms with van der Waals surface area (Å²) in [4.78, 5) is 11.9. The monoisotopic (exact) mass is 187 g/mol. The third-order valence-electron chi connectivity index (χ3n) is 1.86. The average molecular weight is 187 g/mol. The Bertz CT molecular complexity index is 494. The van der Waals surface area contributed by atoms with Crippen LogP contribution >= 0.6 is 0 Å². The van der Waals surface area contributed by atoms with E-state index in [-0.39, 0.29) is 5.75 Å². The number of rotatable bonds is 1. The van der Waals surface area contributed by atoms with E-state index in [4.69, 9.17) is 0 Å². The maximum atomic E-state index is 9.49. The minimum atomic E-state index is 0.0915. The summed E-state index contributed by atoms with van der Waals surface area (Å²) >= 11 is 0. The fourth-order valence-electron chi connectivity index (χ4n) is 1.25. The molecule has 14 heavy (non-hydrogen) atoms. The molecule has 2 rings (SSSR count). The zero-order valence-corrected chi connectivity index (χ0v) is 7.68. The van der Waals surface area contributed by atoms with E-state index in [9.17, 15) is 5.11 Å². The van der Waals surface area contributed by atoms with Crippen LogP contribution in [0.2, 0.25) is 0 Å². The van der Waals surface area contributed by atoms with Crippen LogP contribution in [0.15, 0.2) is 29.5 Å². The first kappa shape index (κ1) is 8.62. The second kappa shape index (κ2) is 3.41. The van der Waals surface area contributed by atoms with E-state index in [1.54, 1.807) is 19.5 Å². The summed E-state index contributed by atoms with van der Waals surface area (Å²) in [5, 5.41) is 10.3. The van der Waals surface area contributed by atoms with Crippen molar-refractivity contribution in [3.8, 4) is 5.75 Å². The van der Waals surface area contributed by atoms with Crippen LogP contribution in [0.4, 0.5) is 0 Å². The van der Waals surface area contributed by atoms with Crippen LogP contribution < -0.4 is 0 Å². The van der Waals surface area contributed by atoms with E-state index in [1.807, 2.05) is 12.1 Å². The number of aromatic nitrogens is 2. The lowest BCUT2D eigenvalue weighted by Crippen LogP contribution is -1.89. The molecular formula is C10H9N3O. The minimum absolute atomic E-state index is 0.0915.